The van der Waals surface area contributed by atoms with Crippen molar-refractivity contribution in [2.24, 2.45) is 45.3 Å². The molecule has 37 heavy (non-hydrogen) atoms. The first-order valence-electron chi connectivity index (χ1n) is 14.4. The van der Waals surface area contributed by atoms with Gasteiger partial charge in [0.1, 0.15) is 11.9 Å². The van der Waals surface area contributed by atoms with Crippen molar-refractivity contribution in [3.05, 3.63) is 11.6 Å². The van der Waals surface area contributed by atoms with Crippen LogP contribution in [-0.2, 0) is 23.8 Å². The predicted octanol–water partition coefficient (Wildman–Crippen LogP) is 4.87. The molecule has 0 radical (unpaired) electrons. The lowest BCUT2D eigenvalue weighted by Gasteiger charge is -2.64. The van der Waals surface area contributed by atoms with Crippen LogP contribution < -0.4 is 0 Å². The Bertz CT molecular complexity index is 1090. The van der Waals surface area contributed by atoms with Gasteiger partial charge in [-0.1, -0.05) is 39.3 Å². The molecule has 5 fully saturated rings. The zero-order chi connectivity index (χ0) is 27.1. The molecule has 206 valence electrons. The van der Waals surface area contributed by atoms with Gasteiger partial charge in [-0.2, -0.15) is 0 Å². The Labute approximate surface area is 221 Å². The molecule has 0 aromatic rings. The fraction of sp³-hybridized carbons (Fsp3) is 0.871. The number of methoxy groups -OCH3 is 1. The average Bonchev–Trinajstić information content (AvgIpc) is 3.11. The number of ether oxygens (including phenoxy) is 3. The first-order chi connectivity index (χ1) is 17.0. The molecular formula is C31H46O6. The summed E-state index contributed by atoms with van der Waals surface area (Å²) >= 11 is 0. The maximum absolute atomic E-state index is 14.5. The van der Waals surface area contributed by atoms with Gasteiger partial charge in [-0.3, -0.25) is 9.59 Å². The first kappa shape index (κ1) is 26.2. The van der Waals surface area contributed by atoms with Gasteiger partial charge in [0.2, 0.25) is 0 Å². The molecule has 2 heterocycles. The predicted molar refractivity (Wildman–Crippen MR) is 138 cm³/mol. The van der Waals surface area contributed by atoms with Gasteiger partial charge in [-0.15, -0.1) is 0 Å². The number of rotatable bonds is 1. The monoisotopic (exact) mass is 514 g/mol. The van der Waals surface area contributed by atoms with E-state index in [-0.39, 0.29) is 52.5 Å². The largest absolute Gasteiger partial charge is 0.374 e. The maximum atomic E-state index is 14.5. The average molecular weight is 515 g/mol. The van der Waals surface area contributed by atoms with E-state index in [1.165, 1.54) is 0 Å². The van der Waals surface area contributed by atoms with Crippen LogP contribution in [0.25, 0.3) is 0 Å². The Kier molecular flexibility index (Phi) is 5.20. The molecule has 6 heteroatoms. The second-order valence-electron chi connectivity index (χ2n) is 15.1. The highest BCUT2D eigenvalue weighted by atomic mass is 16.7. The Morgan fingerprint density at radius 1 is 1.03 bits per heavy atom. The van der Waals surface area contributed by atoms with E-state index in [9.17, 15) is 14.7 Å². The zero-order valence-corrected chi connectivity index (χ0v) is 24.1. The van der Waals surface area contributed by atoms with Crippen LogP contribution in [-0.4, -0.2) is 53.5 Å². The first-order valence-corrected chi connectivity index (χ1v) is 14.4. The van der Waals surface area contributed by atoms with Crippen molar-refractivity contribution < 1.29 is 28.9 Å². The van der Waals surface area contributed by atoms with E-state index in [1.807, 2.05) is 27.7 Å². The molecule has 2 aliphatic heterocycles. The summed E-state index contributed by atoms with van der Waals surface area (Å²) in [6, 6.07) is 0. The third-order valence-electron chi connectivity index (χ3n) is 13.0. The van der Waals surface area contributed by atoms with Crippen molar-refractivity contribution >= 4 is 11.6 Å². The highest BCUT2D eigenvalue weighted by Gasteiger charge is 2.75. The van der Waals surface area contributed by atoms with Gasteiger partial charge in [0.15, 0.2) is 11.6 Å². The molecule has 0 amide bonds. The van der Waals surface area contributed by atoms with Crippen LogP contribution in [0.15, 0.2) is 11.6 Å². The van der Waals surface area contributed by atoms with Gasteiger partial charge < -0.3 is 19.3 Å². The summed E-state index contributed by atoms with van der Waals surface area (Å²) in [7, 11) is 1.61. The van der Waals surface area contributed by atoms with Crippen LogP contribution in [0.3, 0.4) is 0 Å². The van der Waals surface area contributed by atoms with Crippen molar-refractivity contribution in [3.63, 3.8) is 0 Å². The van der Waals surface area contributed by atoms with E-state index >= 15 is 0 Å². The van der Waals surface area contributed by atoms with Crippen LogP contribution in [0.1, 0.15) is 87.5 Å². The fourth-order valence-corrected chi connectivity index (χ4v) is 10.7. The number of carbonyl (C=O) groups excluding carboxylic acids is 2. The number of fused-ring (bicyclic) bond motifs is 9. The van der Waals surface area contributed by atoms with Crippen LogP contribution in [0, 0.1) is 45.3 Å². The third kappa shape index (κ3) is 2.92. The summed E-state index contributed by atoms with van der Waals surface area (Å²) in [6.45, 7) is 17.0. The van der Waals surface area contributed by atoms with Crippen LogP contribution in [0.2, 0.25) is 0 Å². The highest BCUT2D eigenvalue weighted by molar-refractivity contribution is 5.94. The minimum atomic E-state index is -1.25. The molecule has 2 saturated heterocycles. The van der Waals surface area contributed by atoms with Gasteiger partial charge in [-0.05, 0) is 75.5 Å². The van der Waals surface area contributed by atoms with Crippen molar-refractivity contribution in [2.75, 3.05) is 7.11 Å². The SMILES string of the molecule is CO[C@H]1C[C@@H]2C(=CC[C@@H]3[C@@]2(C)C(=O)C[C@]2(C)[C@@H]4[C@@H](C[C@@]32C)O[C@H]2C[C@](O)(OC2(C)C)[C@H]4C)C(C)(C)C1=O. The minimum Gasteiger partial charge on any atom is -0.374 e. The molecule has 1 N–H and O–H groups in total. The Hall–Kier alpha value is -1.08. The van der Waals surface area contributed by atoms with Gasteiger partial charge in [0.25, 0.3) is 0 Å². The maximum Gasteiger partial charge on any atom is 0.171 e. The Balaban J connectivity index is 1.46. The summed E-state index contributed by atoms with van der Waals surface area (Å²) in [5.74, 6) is -0.829. The van der Waals surface area contributed by atoms with Gasteiger partial charge >= 0.3 is 0 Å². The second-order valence-corrected chi connectivity index (χ2v) is 15.1. The lowest BCUT2D eigenvalue weighted by Crippen LogP contribution is -2.64. The Morgan fingerprint density at radius 3 is 2.35 bits per heavy atom. The number of hydrogen-bond acceptors (Lipinski definition) is 6. The van der Waals surface area contributed by atoms with E-state index in [4.69, 9.17) is 14.2 Å². The molecule has 6 rings (SSSR count). The molecule has 6 aliphatic rings. The molecule has 0 aromatic carbocycles. The van der Waals surface area contributed by atoms with Crippen molar-refractivity contribution in [1.29, 1.82) is 0 Å². The molecule has 11 atom stereocenters. The molecule has 0 spiro atoms. The zero-order valence-electron chi connectivity index (χ0n) is 24.1. The van der Waals surface area contributed by atoms with Crippen LogP contribution >= 0.6 is 0 Å². The number of hydrogen-bond donors (Lipinski definition) is 1. The summed E-state index contributed by atoms with van der Waals surface area (Å²) in [5.41, 5.74) is -1.10. The number of allylic oxidation sites excluding steroid dienone is 2. The minimum absolute atomic E-state index is 0.0100. The Morgan fingerprint density at radius 2 is 1.70 bits per heavy atom. The molecule has 6 nitrogen and oxygen atoms in total. The van der Waals surface area contributed by atoms with E-state index in [0.717, 1.165) is 18.4 Å². The van der Waals surface area contributed by atoms with Gasteiger partial charge in [-0.25, -0.2) is 0 Å². The van der Waals surface area contributed by atoms with E-state index in [0.29, 0.717) is 25.0 Å². The highest BCUT2D eigenvalue weighted by Crippen LogP contribution is 2.75. The molecule has 0 unspecified atom stereocenters. The fourth-order valence-electron chi connectivity index (χ4n) is 10.7. The van der Waals surface area contributed by atoms with Gasteiger partial charge in [0.05, 0.1) is 17.8 Å². The summed E-state index contributed by atoms with van der Waals surface area (Å²) in [5, 5.41) is 11.7. The lowest BCUT2D eigenvalue weighted by molar-refractivity contribution is -0.276. The van der Waals surface area contributed by atoms with E-state index < -0.39 is 28.3 Å². The van der Waals surface area contributed by atoms with Crippen molar-refractivity contribution in [2.45, 2.75) is 117 Å². The van der Waals surface area contributed by atoms with Crippen LogP contribution in [0.4, 0.5) is 0 Å². The van der Waals surface area contributed by atoms with E-state index in [2.05, 4.69) is 33.8 Å². The van der Waals surface area contributed by atoms with Crippen molar-refractivity contribution in [3.8, 4) is 0 Å². The topological polar surface area (TPSA) is 82.1 Å². The van der Waals surface area contributed by atoms with Crippen LogP contribution in [0.5, 0.6) is 0 Å². The number of carbonyl (C=O) groups is 2. The van der Waals surface area contributed by atoms with Crippen molar-refractivity contribution in [1.82, 2.24) is 0 Å². The number of ketones is 2. The molecule has 4 aliphatic carbocycles. The quantitative estimate of drug-likeness (QED) is 0.503. The van der Waals surface area contributed by atoms with Gasteiger partial charge in [0, 0.05) is 36.7 Å². The summed E-state index contributed by atoms with van der Waals surface area (Å²) in [4.78, 5) is 27.8. The summed E-state index contributed by atoms with van der Waals surface area (Å²) < 4.78 is 18.8. The summed E-state index contributed by atoms with van der Waals surface area (Å²) in [6.07, 6.45) is 4.80. The lowest BCUT2D eigenvalue weighted by atomic mass is 9.38. The third-order valence-corrected chi connectivity index (χ3v) is 13.0. The smallest absolute Gasteiger partial charge is 0.171 e. The molecule has 3 saturated carbocycles. The molecule has 2 bridgehead atoms. The van der Waals surface area contributed by atoms with E-state index in [1.54, 1.807) is 7.11 Å². The number of Topliss-reactive ketones (excluding diaryl/α,β-unsaturated/α-hetero) is 2. The number of aliphatic hydroxyl groups is 1. The second kappa shape index (κ2) is 7.35. The standard InChI is InChI=1S/C31H46O6/c1-16-24-20(36-23-15-31(16,34)37-27(23,4)5)13-28(6)21-11-10-17-18(12-19(35-9)25(33)26(17,2)3)30(21,8)22(32)14-29(24,28)7/h10,16,18-21,23-24,34H,11-15H2,1-9H3/t16-,18+,19-,20+,21-,23-,24-,28-,29+,30-,31-/m0/s1. The molecule has 0 aromatic heterocycles. The normalized spacial score (nSPS) is 55.5. The molecular weight excluding hydrogens is 468 g/mol.